The van der Waals surface area contributed by atoms with Gasteiger partial charge in [0.25, 0.3) is 5.91 Å². The molecule has 0 saturated heterocycles. The van der Waals surface area contributed by atoms with Crippen LogP contribution in [0.4, 0.5) is 17.2 Å². The summed E-state index contributed by atoms with van der Waals surface area (Å²) in [5, 5.41) is 2.76. The number of amides is 1. The maximum atomic E-state index is 12.2. The van der Waals surface area contributed by atoms with Crippen molar-refractivity contribution < 1.29 is 9.53 Å². The Morgan fingerprint density at radius 1 is 1.29 bits per heavy atom. The van der Waals surface area contributed by atoms with Crippen LogP contribution in [0.25, 0.3) is 0 Å². The van der Waals surface area contributed by atoms with Crippen molar-refractivity contribution in [2.24, 2.45) is 0 Å². The fraction of sp³-hybridized carbons (Fsp3) is 0.200. The summed E-state index contributed by atoms with van der Waals surface area (Å²) in [7, 11) is 5.35. The van der Waals surface area contributed by atoms with Gasteiger partial charge in [0, 0.05) is 25.8 Å². The number of aromatic nitrogens is 1. The predicted octanol–water partition coefficient (Wildman–Crippen LogP) is 1.99. The van der Waals surface area contributed by atoms with Crippen LogP contribution in [0.3, 0.4) is 0 Å². The molecule has 1 heterocycles. The van der Waals surface area contributed by atoms with E-state index in [0.717, 1.165) is 5.82 Å². The number of benzene rings is 1. The van der Waals surface area contributed by atoms with E-state index in [1.807, 2.05) is 25.1 Å². The Balaban J connectivity index is 2.14. The van der Waals surface area contributed by atoms with Gasteiger partial charge in [0.15, 0.2) is 0 Å². The summed E-state index contributed by atoms with van der Waals surface area (Å²) in [5.74, 6) is 1.15. The van der Waals surface area contributed by atoms with Gasteiger partial charge in [-0.1, -0.05) is 0 Å². The fourth-order valence-electron chi connectivity index (χ4n) is 1.80. The zero-order valence-corrected chi connectivity index (χ0v) is 12.3. The number of hydrogen-bond donors (Lipinski definition) is 2. The Hall–Kier alpha value is -2.76. The summed E-state index contributed by atoms with van der Waals surface area (Å²) in [6.45, 7) is 0. The van der Waals surface area contributed by atoms with E-state index in [4.69, 9.17) is 10.5 Å². The molecule has 0 fully saturated rings. The van der Waals surface area contributed by atoms with E-state index >= 15 is 0 Å². The van der Waals surface area contributed by atoms with E-state index in [9.17, 15) is 4.79 Å². The van der Waals surface area contributed by atoms with Crippen molar-refractivity contribution in [1.82, 2.24) is 4.98 Å². The van der Waals surface area contributed by atoms with Gasteiger partial charge in [0.1, 0.15) is 11.6 Å². The summed E-state index contributed by atoms with van der Waals surface area (Å²) in [6, 6.07) is 8.55. The first kappa shape index (κ1) is 14.6. The number of nitrogen functional groups attached to an aromatic ring is 1. The standard InChI is InChI=1S/C15H18N4O2/c1-19(2)14-7-4-10(9-17-14)18-15(20)12-6-5-11(21-3)8-13(12)16/h4-9H,16H2,1-3H3,(H,18,20). The van der Waals surface area contributed by atoms with Crippen molar-refractivity contribution >= 4 is 23.1 Å². The molecule has 0 aliphatic rings. The van der Waals surface area contributed by atoms with Crippen molar-refractivity contribution in [3.8, 4) is 5.75 Å². The molecule has 1 aromatic heterocycles. The smallest absolute Gasteiger partial charge is 0.257 e. The van der Waals surface area contributed by atoms with Crippen LogP contribution in [0, 0.1) is 0 Å². The van der Waals surface area contributed by atoms with E-state index in [-0.39, 0.29) is 5.91 Å². The van der Waals surface area contributed by atoms with Crippen LogP contribution in [-0.4, -0.2) is 32.1 Å². The summed E-state index contributed by atoms with van der Waals surface area (Å²) in [5.41, 5.74) is 7.23. The van der Waals surface area contributed by atoms with E-state index in [0.29, 0.717) is 22.7 Å². The molecular formula is C15H18N4O2. The largest absolute Gasteiger partial charge is 0.497 e. The first-order valence-electron chi connectivity index (χ1n) is 6.39. The molecule has 2 rings (SSSR count). The molecule has 1 amide bonds. The van der Waals surface area contributed by atoms with Crippen LogP contribution in [0.1, 0.15) is 10.4 Å². The Bertz CT molecular complexity index is 639. The first-order chi connectivity index (χ1) is 10.0. The van der Waals surface area contributed by atoms with Gasteiger partial charge in [-0.05, 0) is 24.3 Å². The molecule has 0 atom stereocenters. The number of carbonyl (C=O) groups is 1. The summed E-state index contributed by atoms with van der Waals surface area (Å²) in [6.07, 6.45) is 1.60. The Morgan fingerprint density at radius 3 is 2.57 bits per heavy atom. The van der Waals surface area contributed by atoms with Crippen molar-refractivity contribution in [3.05, 3.63) is 42.1 Å². The SMILES string of the molecule is COc1ccc(C(=O)Nc2ccc(N(C)C)nc2)c(N)c1. The number of ether oxygens (including phenoxy) is 1. The van der Waals surface area contributed by atoms with Gasteiger partial charge >= 0.3 is 0 Å². The highest BCUT2D eigenvalue weighted by molar-refractivity contribution is 6.07. The molecule has 110 valence electrons. The average molecular weight is 286 g/mol. The fourth-order valence-corrected chi connectivity index (χ4v) is 1.80. The number of nitrogens with two attached hydrogens (primary N) is 1. The number of rotatable bonds is 4. The van der Waals surface area contributed by atoms with Crippen molar-refractivity contribution in [3.63, 3.8) is 0 Å². The molecule has 3 N–H and O–H groups in total. The number of nitrogens with one attached hydrogen (secondary N) is 1. The van der Waals surface area contributed by atoms with Gasteiger partial charge < -0.3 is 20.7 Å². The van der Waals surface area contributed by atoms with Gasteiger partial charge in [-0.15, -0.1) is 0 Å². The third kappa shape index (κ3) is 3.42. The van der Waals surface area contributed by atoms with E-state index in [1.165, 1.54) is 0 Å². The molecule has 6 nitrogen and oxygen atoms in total. The molecular weight excluding hydrogens is 268 g/mol. The van der Waals surface area contributed by atoms with Crippen molar-refractivity contribution in [2.45, 2.75) is 0 Å². The van der Waals surface area contributed by atoms with Crippen LogP contribution in [0.5, 0.6) is 5.75 Å². The molecule has 0 spiro atoms. The Labute approximate surface area is 123 Å². The topological polar surface area (TPSA) is 80.5 Å². The zero-order chi connectivity index (χ0) is 15.4. The van der Waals surface area contributed by atoms with Gasteiger partial charge in [-0.2, -0.15) is 0 Å². The first-order valence-corrected chi connectivity index (χ1v) is 6.39. The second-order valence-electron chi connectivity index (χ2n) is 4.71. The summed E-state index contributed by atoms with van der Waals surface area (Å²) in [4.78, 5) is 18.3. The van der Waals surface area contributed by atoms with Crippen LogP contribution >= 0.6 is 0 Å². The Kier molecular flexibility index (Phi) is 4.27. The maximum Gasteiger partial charge on any atom is 0.257 e. The lowest BCUT2D eigenvalue weighted by Crippen LogP contribution is -2.15. The van der Waals surface area contributed by atoms with Crippen LogP contribution < -0.4 is 20.7 Å². The van der Waals surface area contributed by atoms with Crippen LogP contribution in [0.2, 0.25) is 0 Å². The van der Waals surface area contributed by atoms with E-state index in [1.54, 1.807) is 37.6 Å². The van der Waals surface area contributed by atoms with Crippen molar-refractivity contribution in [2.75, 3.05) is 37.2 Å². The molecule has 21 heavy (non-hydrogen) atoms. The molecule has 0 bridgehead atoms. The van der Waals surface area contributed by atoms with E-state index in [2.05, 4.69) is 10.3 Å². The van der Waals surface area contributed by atoms with E-state index < -0.39 is 0 Å². The number of pyridine rings is 1. The highest BCUT2D eigenvalue weighted by Gasteiger charge is 2.11. The van der Waals surface area contributed by atoms with Crippen LogP contribution in [0.15, 0.2) is 36.5 Å². The minimum absolute atomic E-state index is 0.283. The molecule has 0 radical (unpaired) electrons. The van der Waals surface area contributed by atoms with Gasteiger partial charge in [-0.3, -0.25) is 4.79 Å². The third-order valence-electron chi connectivity index (χ3n) is 2.97. The lowest BCUT2D eigenvalue weighted by molar-refractivity contribution is 0.102. The lowest BCUT2D eigenvalue weighted by atomic mass is 10.1. The number of nitrogens with zero attached hydrogens (tertiary/aromatic N) is 2. The van der Waals surface area contributed by atoms with Gasteiger partial charge in [0.05, 0.1) is 24.6 Å². The molecule has 0 aliphatic heterocycles. The monoisotopic (exact) mass is 286 g/mol. The maximum absolute atomic E-state index is 12.2. The summed E-state index contributed by atoms with van der Waals surface area (Å²) >= 11 is 0. The molecule has 6 heteroatoms. The van der Waals surface area contributed by atoms with Crippen molar-refractivity contribution in [1.29, 1.82) is 0 Å². The third-order valence-corrected chi connectivity index (χ3v) is 2.97. The number of carbonyl (C=O) groups excluding carboxylic acids is 1. The molecule has 0 saturated carbocycles. The second-order valence-corrected chi connectivity index (χ2v) is 4.71. The van der Waals surface area contributed by atoms with Gasteiger partial charge in [0.2, 0.25) is 0 Å². The van der Waals surface area contributed by atoms with Crippen LogP contribution in [-0.2, 0) is 0 Å². The zero-order valence-electron chi connectivity index (χ0n) is 12.3. The number of methoxy groups -OCH3 is 1. The quantitative estimate of drug-likeness (QED) is 0.840. The molecule has 1 aromatic carbocycles. The number of hydrogen-bond acceptors (Lipinski definition) is 5. The molecule has 0 aliphatic carbocycles. The predicted molar refractivity (Wildman–Crippen MR) is 83.9 cm³/mol. The Morgan fingerprint density at radius 2 is 2.05 bits per heavy atom. The number of anilines is 3. The second kappa shape index (κ2) is 6.13. The average Bonchev–Trinajstić information content (AvgIpc) is 2.47. The molecule has 2 aromatic rings. The highest BCUT2D eigenvalue weighted by atomic mass is 16.5. The minimum atomic E-state index is -0.283. The summed E-state index contributed by atoms with van der Waals surface area (Å²) < 4.78 is 5.06. The lowest BCUT2D eigenvalue weighted by Gasteiger charge is -2.12. The molecule has 0 unspecified atom stereocenters. The highest BCUT2D eigenvalue weighted by Crippen LogP contribution is 2.21. The normalized spacial score (nSPS) is 10.0. The van der Waals surface area contributed by atoms with Gasteiger partial charge in [-0.25, -0.2) is 4.98 Å². The minimum Gasteiger partial charge on any atom is -0.497 e.